The van der Waals surface area contributed by atoms with Crippen molar-refractivity contribution in [1.29, 1.82) is 0 Å². The van der Waals surface area contributed by atoms with Gasteiger partial charge in [-0.05, 0) is 64.1 Å². The summed E-state index contributed by atoms with van der Waals surface area (Å²) in [6.45, 7) is 13.5. The molecule has 0 radical (unpaired) electrons. The van der Waals surface area contributed by atoms with Crippen molar-refractivity contribution in [1.82, 2.24) is 15.1 Å². The first-order valence-corrected chi connectivity index (χ1v) is 15.3. The third kappa shape index (κ3) is 8.86. The third-order valence-electron chi connectivity index (χ3n) is 8.34. The van der Waals surface area contributed by atoms with Gasteiger partial charge in [0.1, 0.15) is 5.60 Å². The Morgan fingerprint density at radius 2 is 1.85 bits per heavy atom. The van der Waals surface area contributed by atoms with Crippen molar-refractivity contribution in [2.45, 2.75) is 104 Å². The number of nitrogens with one attached hydrogen (secondary N) is 1. The van der Waals surface area contributed by atoms with Gasteiger partial charge in [-0.3, -0.25) is 14.5 Å². The minimum absolute atomic E-state index is 0.0464. The fourth-order valence-electron chi connectivity index (χ4n) is 6.11. The maximum absolute atomic E-state index is 14.0. The van der Waals surface area contributed by atoms with Gasteiger partial charge in [0.15, 0.2) is 0 Å². The molecule has 9 heteroatoms. The molecule has 0 aliphatic carbocycles. The van der Waals surface area contributed by atoms with Crippen molar-refractivity contribution in [2.75, 3.05) is 32.7 Å². The van der Waals surface area contributed by atoms with Crippen LogP contribution in [0.15, 0.2) is 18.2 Å². The van der Waals surface area contributed by atoms with Crippen LogP contribution in [-0.4, -0.2) is 66.0 Å². The quantitative estimate of drug-likeness (QED) is 0.222. The maximum atomic E-state index is 14.0. The predicted molar refractivity (Wildman–Crippen MR) is 155 cm³/mol. The molecule has 40 heavy (non-hydrogen) atoms. The van der Waals surface area contributed by atoms with E-state index in [0.29, 0.717) is 12.1 Å². The first-order chi connectivity index (χ1) is 18.8. The molecule has 3 rings (SSSR count). The Morgan fingerprint density at radius 3 is 2.48 bits per heavy atom. The molecule has 0 aromatic heterocycles. The highest BCUT2D eigenvalue weighted by molar-refractivity contribution is 6.31. The van der Waals surface area contributed by atoms with E-state index < -0.39 is 23.4 Å². The molecule has 2 aliphatic rings. The molecule has 1 aromatic carbocycles. The van der Waals surface area contributed by atoms with E-state index in [-0.39, 0.29) is 48.0 Å². The highest BCUT2D eigenvalue weighted by Gasteiger charge is 2.52. The normalized spacial score (nSPS) is 23.1. The number of carbonyl (C=O) groups is 2. The number of halogens is 3. The number of alkyl halides is 2. The van der Waals surface area contributed by atoms with E-state index in [4.69, 9.17) is 16.3 Å². The van der Waals surface area contributed by atoms with Crippen LogP contribution in [0.5, 0.6) is 0 Å². The fourth-order valence-corrected chi connectivity index (χ4v) is 6.35. The van der Waals surface area contributed by atoms with Gasteiger partial charge in [0.05, 0.1) is 11.8 Å². The van der Waals surface area contributed by atoms with E-state index >= 15 is 0 Å². The second kappa shape index (κ2) is 14.4. The Hall–Kier alpha value is -1.77. The smallest absolute Gasteiger partial charge is 0.307 e. The number of carbonyl (C=O) groups excluding carboxylic acids is 2. The molecule has 6 nitrogen and oxygen atoms in total. The third-order valence-corrected chi connectivity index (χ3v) is 8.69. The zero-order valence-electron chi connectivity index (χ0n) is 24.9. The first kappa shape index (κ1) is 32.7. The van der Waals surface area contributed by atoms with Crippen molar-refractivity contribution in [3.63, 3.8) is 0 Å². The molecule has 0 spiro atoms. The standard InChI is InChI=1S/C31H48ClF2N3O3/c1-6-7-8-9-15-36-16-13-23(14-17-36)35-29(39)31(18-27(38)40-30(3,4)5)21-37(19-22(31)2)20-25-24(28(33)34)11-10-12-26(25)32/h10-12,22-23,28H,6-9,13-21H2,1-5H3,(H,35,39)/t22-,31-/m0/s1. The van der Waals surface area contributed by atoms with Crippen molar-refractivity contribution < 1.29 is 23.1 Å². The van der Waals surface area contributed by atoms with Crippen LogP contribution in [0.4, 0.5) is 8.78 Å². The van der Waals surface area contributed by atoms with Gasteiger partial charge in [-0.1, -0.05) is 56.8 Å². The van der Waals surface area contributed by atoms with E-state index in [2.05, 4.69) is 17.1 Å². The molecule has 226 valence electrons. The monoisotopic (exact) mass is 583 g/mol. The predicted octanol–water partition coefficient (Wildman–Crippen LogP) is 6.61. The maximum Gasteiger partial charge on any atom is 0.307 e. The summed E-state index contributed by atoms with van der Waals surface area (Å²) in [5.41, 5.74) is -1.43. The first-order valence-electron chi connectivity index (χ1n) is 14.9. The number of nitrogens with zero attached hydrogens (tertiary/aromatic N) is 2. The van der Waals surface area contributed by atoms with E-state index in [0.717, 1.165) is 32.5 Å². The van der Waals surface area contributed by atoms with Crippen LogP contribution in [0.1, 0.15) is 97.1 Å². The van der Waals surface area contributed by atoms with Crippen LogP contribution in [0.25, 0.3) is 0 Å². The van der Waals surface area contributed by atoms with Crippen LogP contribution in [0.2, 0.25) is 5.02 Å². The molecule has 0 unspecified atom stereocenters. The van der Waals surface area contributed by atoms with Crippen LogP contribution in [0.3, 0.4) is 0 Å². The van der Waals surface area contributed by atoms with Gasteiger partial charge in [0.2, 0.25) is 5.91 Å². The van der Waals surface area contributed by atoms with Crippen LogP contribution in [-0.2, 0) is 20.9 Å². The Bertz CT molecular complexity index is 995. The Labute approximate surface area is 244 Å². The molecule has 2 fully saturated rings. The number of esters is 1. The zero-order valence-corrected chi connectivity index (χ0v) is 25.7. The fraction of sp³-hybridized carbons (Fsp3) is 0.742. The minimum Gasteiger partial charge on any atom is -0.460 e. The van der Waals surface area contributed by atoms with Gasteiger partial charge in [0.25, 0.3) is 6.43 Å². The lowest BCUT2D eigenvalue weighted by Crippen LogP contribution is -2.53. The summed E-state index contributed by atoms with van der Waals surface area (Å²) in [4.78, 5) is 31.5. The molecule has 1 amide bonds. The number of amides is 1. The second-order valence-corrected chi connectivity index (χ2v) is 13.2. The van der Waals surface area contributed by atoms with Crippen molar-refractivity contribution in [3.8, 4) is 0 Å². The highest BCUT2D eigenvalue weighted by atomic mass is 35.5. The zero-order chi connectivity index (χ0) is 29.5. The summed E-state index contributed by atoms with van der Waals surface area (Å²) in [5.74, 6) is -0.761. The minimum atomic E-state index is -2.65. The summed E-state index contributed by atoms with van der Waals surface area (Å²) in [5, 5.41) is 3.56. The molecule has 2 heterocycles. The summed E-state index contributed by atoms with van der Waals surface area (Å²) in [6, 6.07) is 4.57. The van der Waals surface area contributed by atoms with Crippen molar-refractivity contribution in [2.24, 2.45) is 11.3 Å². The van der Waals surface area contributed by atoms with E-state index in [9.17, 15) is 18.4 Å². The van der Waals surface area contributed by atoms with Crippen LogP contribution < -0.4 is 5.32 Å². The number of unbranched alkanes of at least 4 members (excludes halogenated alkanes) is 3. The number of rotatable bonds is 12. The van der Waals surface area contributed by atoms with Crippen LogP contribution >= 0.6 is 11.6 Å². The van der Waals surface area contributed by atoms with Crippen LogP contribution in [0, 0.1) is 11.3 Å². The topological polar surface area (TPSA) is 61.9 Å². The summed E-state index contributed by atoms with van der Waals surface area (Å²) >= 11 is 6.35. The molecule has 0 bridgehead atoms. The van der Waals surface area contributed by atoms with E-state index in [1.807, 2.05) is 11.8 Å². The molecular weight excluding hydrogens is 536 g/mol. The van der Waals surface area contributed by atoms with E-state index in [1.54, 1.807) is 26.8 Å². The lowest BCUT2D eigenvalue weighted by Gasteiger charge is -2.37. The van der Waals surface area contributed by atoms with Gasteiger partial charge in [-0.2, -0.15) is 0 Å². The van der Waals surface area contributed by atoms with Gasteiger partial charge in [0, 0.05) is 49.4 Å². The lowest BCUT2D eigenvalue weighted by molar-refractivity contribution is -0.161. The number of ether oxygens (including phenoxy) is 1. The Morgan fingerprint density at radius 1 is 1.15 bits per heavy atom. The van der Waals surface area contributed by atoms with Crippen molar-refractivity contribution >= 4 is 23.5 Å². The van der Waals surface area contributed by atoms with E-state index in [1.165, 1.54) is 37.8 Å². The molecule has 1 aromatic rings. The molecular formula is C31H48ClF2N3O3. The molecule has 2 atom stereocenters. The SMILES string of the molecule is CCCCCCN1CCC(NC(=O)[C@@]2(CC(=O)OC(C)(C)C)CN(Cc3c(Cl)cccc3C(F)F)C[C@@H]2C)CC1. The lowest BCUT2D eigenvalue weighted by atomic mass is 9.75. The highest BCUT2D eigenvalue weighted by Crippen LogP contribution is 2.42. The van der Waals surface area contributed by atoms with Gasteiger partial charge in [-0.25, -0.2) is 8.78 Å². The number of benzene rings is 1. The van der Waals surface area contributed by atoms with Gasteiger partial charge in [-0.15, -0.1) is 0 Å². The average Bonchev–Trinajstić information content (AvgIpc) is 3.18. The van der Waals surface area contributed by atoms with Gasteiger partial charge >= 0.3 is 5.97 Å². The Kier molecular flexibility index (Phi) is 11.8. The molecule has 2 saturated heterocycles. The summed E-state index contributed by atoms with van der Waals surface area (Å²) in [6.07, 6.45) is 3.98. The Balaban J connectivity index is 1.73. The number of hydrogen-bond acceptors (Lipinski definition) is 5. The number of hydrogen-bond donors (Lipinski definition) is 1. The number of piperidine rings is 1. The van der Waals surface area contributed by atoms with Crippen molar-refractivity contribution in [3.05, 3.63) is 34.3 Å². The largest absolute Gasteiger partial charge is 0.460 e. The molecule has 2 aliphatic heterocycles. The summed E-state index contributed by atoms with van der Waals surface area (Å²) in [7, 11) is 0. The molecule has 1 N–H and O–H groups in total. The molecule has 0 saturated carbocycles. The number of likely N-dealkylation sites (tertiary alicyclic amines) is 2. The second-order valence-electron chi connectivity index (χ2n) is 12.7. The van der Waals surface area contributed by atoms with Gasteiger partial charge < -0.3 is 15.0 Å². The summed E-state index contributed by atoms with van der Waals surface area (Å²) < 4.78 is 33.1. The average molecular weight is 584 g/mol.